The summed E-state index contributed by atoms with van der Waals surface area (Å²) in [5.74, 6) is 0.123. The number of hydrogen-bond acceptors (Lipinski definition) is 2. The zero-order valence-corrected chi connectivity index (χ0v) is 9.68. The van der Waals surface area contributed by atoms with Crippen LogP contribution in [0, 0.1) is 0 Å². The number of carbonyl (C=O) groups is 1. The third-order valence-corrected chi connectivity index (χ3v) is 2.78. The van der Waals surface area contributed by atoms with Crippen molar-refractivity contribution in [2.24, 2.45) is 0 Å². The number of anilines is 1. The molecule has 1 heterocycles. The van der Waals surface area contributed by atoms with Gasteiger partial charge in [0.25, 0.3) is 0 Å². The number of benzene rings is 1. The quantitative estimate of drug-likeness (QED) is 0.738. The molecule has 2 rings (SSSR count). The lowest BCUT2D eigenvalue weighted by molar-refractivity contribution is -0.116. The van der Waals surface area contributed by atoms with Crippen LogP contribution in [0.3, 0.4) is 0 Å². The maximum Gasteiger partial charge on any atom is 0.224 e. The molecule has 0 aliphatic carbocycles. The first-order chi connectivity index (χ1) is 7.15. The molecule has 1 aliphatic rings. The Balaban J connectivity index is 2.23. The highest BCUT2D eigenvalue weighted by molar-refractivity contribution is 7.80. The van der Waals surface area contributed by atoms with Gasteiger partial charge in [-0.3, -0.25) is 4.79 Å². The maximum atomic E-state index is 11.2. The molecule has 0 saturated carbocycles. The van der Waals surface area contributed by atoms with Crippen molar-refractivity contribution in [3.05, 3.63) is 29.3 Å². The van der Waals surface area contributed by atoms with Gasteiger partial charge < -0.3 is 5.32 Å². The summed E-state index contributed by atoms with van der Waals surface area (Å²) in [4.78, 5) is 11.2. The van der Waals surface area contributed by atoms with Crippen LogP contribution in [0.15, 0.2) is 18.2 Å². The Morgan fingerprint density at radius 2 is 2.27 bits per heavy atom. The predicted molar refractivity (Wildman–Crippen MR) is 65.5 cm³/mol. The predicted octanol–water partition coefficient (Wildman–Crippen LogP) is 2.43. The van der Waals surface area contributed by atoms with E-state index < -0.39 is 0 Å². The topological polar surface area (TPSA) is 29.1 Å². The first-order valence-electron chi connectivity index (χ1n) is 5.25. The number of amides is 1. The van der Waals surface area contributed by atoms with Gasteiger partial charge in [-0.25, -0.2) is 0 Å². The molecule has 0 saturated heterocycles. The highest BCUT2D eigenvalue weighted by atomic mass is 32.1. The van der Waals surface area contributed by atoms with Crippen molar-refractivity contribution in [2.45, 2.75) is 31.4 Å². The average molecular weight is 221 g/mol. The number of fused-ring (bicyclic) bond motifs is 1. The normalized spacial score (nSPS) is 16.8. The Hall–Kier alpha value is -0.960. The lowest BCUT2D eigenvalue weighted by Crippen LogP contribution is -2.19. The Morgan fingerprint density at radius 1 is 1.47 bits per heavy atom. The van der Waals surface area contributed by atoms with Crippen molar-refractivity contribution >= 4 is 24.2 Å². The Morgan fingerprint density at radius 3 is 3.00 bits per heavy atom. The van der Waals surface area contributed by atoms with Crippen molar-refractivity contribution in [3.8, 4) is 0 Å². The second-order valence-corrected chi connectivity index (χ2v) is 4.97. The molecule has 1 unspecified atom stereocenters. The molecule has 0 radical (unpaired) electrons. The highest BCUT2D eigenvalue weighted by Gasteiger charge is 2.14. The van der Waals surface area contributed by atoms with Gasteiger partial charge >= 0.3 is 0 Å². The first kappa shape index (κ1) is 10.6. The van der Waals surface area contributed by atoms with E-state index in [0.717, 1.165) is 18.5 Å². The molecule has 0 bridgehead atoms. The molecule has 1 aliphatic heterocycles. The Bertz CT molecular complexity index is 387. The van der Waals surface area contributed by atoms with Crippen molar-refractivity contribution in [1.82, 2.24) is 0 Å². The van der Waals surface area contributed by atoms with E-state index in [1.165, 1.54) is 11.1 Å². The zero-order chi connectivity index (χ0) is 10.8. The molecule has 0 spiro atoms. The lowest BCUT2D eigenvalue weighted by Gasteiger charge is -2.17. The summed E-state index contributed by atoms with van der Waals surface area (Å²) in [5.41, 5.74) is 3.52. The third kappa shape index (κ3) is 2.53. The summed E-state index contributed by atoms with van der Waals surface area (Å²) in [6, 6.07) is 6.25. The van der Waals surface area contributed by atoms with Crippen LogP contribution in [0.5, 0.6) is 0 Å². The molecule has 0 fully saturated rings. The molecule has 80 valence electrons. The van der Waals surface area contributed by atoms with Gasteiger partial charge in [-0.1, -0.05) is 19.1 Å². The van der Waals surface area contributed by atoms with Gasteiger partial charge in [-0.15, -0.1) is 0 Å². The summed E-state index contributed by atoms with van der Waals surface area (Å²) >= 11 is 4.38. The van der Waals surface area contributed by atoms with Gasteiger partial charge in [0.15, 0.2) is 0 Å². The highest BCUT2D eigenvalue weighted by Crippen LogP contribution is 2.24. The van der Waals surface area contributed by atoms with E-state index in [-0.39, 0.29) is 5.91 Å². The molecular formula is C12H15NOS. The maximum absolute atomic E-state index is 11.2. The number of aryl methyl sites for hydroxylation is 1. The molecule has 3 heteroatoms. The van der Waals surface area contributed by atoms with Gasteiger partial charge in [0.2, 0.25) is 5.91 Å². The van der Waals surface area contributed by atoms with Crippen LogP contribution in [-0.2, 0) is 17.6 Å². The SMILES string of the molecule is CC(S)Cc1ccc2c(c1)CCC(=O)N2. The van der Waals surface area contributed by atoms with Crippen molar-refractivity contribution < 1.29 is 4.79 Å². The van der Waals surface area contributed by atoms with Crippen LogP contribution in [-0.4, -0.2) is 11.2 Å². The number of carbonyl (C=O) groups excluding carboxylic acids is 1. The smallest absolute Gasteiger partial charge is 0.224 e. The first-order valence-corrected chi connectivity index (χ1v) is 5.76. The number of nitrogens with one attached hydrogen (secondary N) is 1. The fourth-order valence-electron chi connectivity index (χ4n) is 1.90. The summed E-state index contributed by atoms with van der Waals surface area (Å²) in [6.07, 6.45) is 2.44. The minimum absolute atomic E-state index is 0.123. The molecule has 1 N–H and O–H groups in total. The molecular weight excluding hydrogens is 206 g/mol. The van der Waals surface area contributed by atoms with Gasteiger partial charge in [0.05, 0.1) is 0 Å². The standard InChI is InChI=1S/C12H15NOS/c1-8(15)6-9-2-4-11-10(7-9)3-5-12(14)13-11/h2,4,7-8,15H,3,5-6H2,1H3,(H,13,14). The number of thiol groups is 1. The Labute approximate surface area is 95.5 Å². The van der Waals surface area contributed by atoms with Crippen LogP contribution >= 0.6 is 12.6 Å². The fraction of sp³-hybridized carbons (Fsp3) is 0.417. The zero-order valence-electron chi connectivity index (χ0n) is 8.79. The van der Waals surface area contributed by atoms with E-state index in [1.807, 2.05) is 6.07 Å². The van der Waals surface area contributed by atoms with Crippen LogP contribution in [0.1, 0.15) is 24.5 Å². The number of rotatable bonds is 2. The molecule has 0 aromatic heterocycles. The van der Waals surface area contributed by atoms with E-state index in [2.05, 4.69) is 37.0 Å². The van der Waals surface area contributed by atoms with E-state index in [4.69, 9.17) is 0 Å². The second-order valence-electron chi connectivity index (χ2n) is 4.09. The third-order valence-electron chi connectivity index (χ3n) is 2.60. The van der Waals surface area contributed by atoms with Gasteiger partial charge in [-0.2, -0.15) is 12.6 Å². The minimum Gasteiger partial charge on any atom is -0.326 e. The summed E-state index contributed by atoms with van der Waals surface area (Å²) < 4.78 is 0. The van der Waals surface area contributed by atoms with Crippen molar-refractivity contribution in [2.75, 3.05) is 5.32 Å². The van der Waals surface area contributed by atoms with Crippen LogP contribution < -0.4 is 5.32 Å². The van der Waals surface area contributed by atoms with Crippen LogP contribution in [0.4, 0.5) is 5.69 Å². The largest absolute Gasteiger partial charge is 0.326 e. The summed E-state index contributed by atoms with van der Waals surface area (Å²) in [6.45, 7) is 2.09. The molecule has 1 atom stereocenters. The molecule has 1 aromatic carbocycles. The van der Waals surface area contributed by atoms with Crippen LogP contribution in [0.25, 0.3) is 0 Å². The monoisotopic (exact) mass is 221 g/mol. The molecule has 1 amide bonds. The van der Waals surface area contributed by atoms with E-state index in [1.54, 1.807) is 0 Å². The summed E-state index contributed by atoms with van der Waals surface area (Å²) in [5, 5.41) is 3.26. The van der Waals surface area contributed by atoms with E-state index in [0.29, 0.717) is 11.7 Å². The molecule has 2 nitrogen and oxygen atoms in total. The average Bonchev–Trinajstić information content (AvgIpc) is 2.17. The lowest BCUT2D eigenvalue weighted by atomic mass is 9.99. The second kappa shape index (κ2) is 4.27. The van der Waals surface area contributed by atoms with Crippen molar-refractivity contribution in [3.63, 3.8) is 0 Å². The fourth-order valence-corrected chi connectivity index (χ4v) is 2.12. The van der Waals surface area contributed by atoms with Crippen molar-refractivity contribution in [1.29, 1.82) is 0 Å². The summed E-state index contributed by atoms with van der Waals surface area (Å²) in [7, 11) is 0. The van der Waals surface area contributed by atoms with Crippen LogP contribution in [0.2, 0.25) is 0 Å². The minimum atomic E-state index is 0.123. The van der Waals surface area contributed by atoms with Gasteiger partial charge in [0, 0.05) is 17.4 Å². The Kier molecular flexibility index (Phi) is 3.00. The van der Waals surface area contributed by atoms with E-state index in [9.17, 15) is 4.79 Å². The van der Waals surface area contributed by atoms with Gasteiger partial charge in [0.1, 0.15) is 0 Å². The van der Waals surface area contributed by atoms with E-state index >= 15 is 0 Å². The molecule has 15 heavy (non-hydrogen) atoms. The number of hydrogen-bond donors (Lipinski definition) is 2. The molecule has 1 aromatic rings. The van der Waals surface area contributed by atoms with Gasteiger partial charge in [-0.05, 0) is 30.0 Å².